The Bertz CT molecular complexity index is 1260. The van der Waals surface area contributed by atoms with Gasteiger partial charge in [-0.15, -0.1) is 0 Å². The second-order valence-corrected chi connectivity index (χ2v) is 9.92. The molecule has 1 N–H and O–H groups in total. The number of aromatic nitrogens is 2. The highest BCUT2D eigenvalue weighted by atomic mass is 32.2. The number of benzene rings is 2. The van der Waals surface area contributed by atoms with Crippen molar-refractivity contribution in [3.05, 3.63) is 107 Å². The van der Waals surface area contributed by atoms with Crippen LogP contribution in [0.2, 0.25) is 0 Å². The van der Waals surface area contributed by atoms with Crippen LogP contribution in [0.25, 0.3) is 11.4 Å². The van der Waals surface area contributed by atoms with E-state index in [4.69, 9.17) is 0 Å². The summed E-state index contributed by atoms with van der Waals surface area (Å²) in [6.07, 6.45) is 5.28. The molecule has 40 heavy (non-hydrogen) atoms. The molecule has 0 bridgehead atoms. The first-order chi connectivity index (χ1) is 19.2. The lowest BCUT2D eigenvalue weighted by molar-refractivity contribution is 0.400. The molecule has 1 heterocycles. The van der Waals surface area contributed by atoms with Crippen LogP contribution in [0, 0.1) is 27.7 Å². The number of likely N-dealkylation sites (N-methyl/N-ethyl adjacent to an activating group) is 1. The molecule has 0 unspecified atom stereocenters. The van der Waals surface area contributed by atoms with Crippen molar-refractivity contribution in [1.29, 1.82) is 0 Å². The van der Waals surface area contributed by atoms with E-state index in [9.17, 15) is 3.89 Å². The van der Waals surface area contributed by atoms with Crippen LogP contribution in [-0.4, -0.2) is 34.8 Å². The number of halogens is 1. The molecular weight excluding hydrogens is 515 g/mol. The number of allylic oxidation sites excluding steroid dienone is 3. The van der Waals surface area contributed by atoms with Crippen molar-refractivity contribution < 1.29 is 3.89 Å². The molecule has 6 heteroatoms. The molecule has 0 aliphatic rings. The SMILES string of the molecule is C=C(/C=C(/NCCCN(C)C(=C)Cc1ccc(C)cc1C)n1ncc(SF)c1C)c1ccccc1C.CC.CC. The molecular formula is C34H49FN4S. The summed E-state index contributed by atoms with van der Waals surface area (Å²) in [7, 11) is 2.09. The van der Waals surface area contributed by atoms with E-state index >= 15 is 0 Å². The smallest absolute Gasteiger partial charge is 0.128 e. The van der Waals surface area contributed by atoms with Crippen molar-refractivity contribution >= 4 is 23.5 Å². The molecule has 0 saturated heterocycles. The van der Waals surface area contributed by atoms with E-state index in [1.807, 2.05) is 52.8 Å². The average Bonchev–Trinajstić information content (AvgIpc) is 3.34. The largest absolute Gasteiger partial charge is 0.378 e. The fourth-order valence-corrected chi connectivity index (χ4v) is 4.45. The molecule has 0 spiro atoms. The minimum Gasteiger partial charge on any atom is -0.378 e. The monoisotopic (exact) mass is 564 g/mol. The zero-order valence-corrected chi connectivity index (χ0v) is 26.9. The molecule has 0 fully saturated rings. The van der Waals surface area contributed by atoms with Gasteiger partial charge in [0, 0.05) is 32.3 Å². The van der Waals surface area contributed by atoms with Gasteiger partial charge in [0.25, 0.3) is 0 Å². The normalized spacial score (nSPS) is 10.6. The Hall–Kier alpha value is -3.25. The number of rotatable bonds is 12. The lowest BCUT2D eigenvalue weighted by Crippen LogP contribution is -2.25. The molecule has 0 aliphatic carbocycles. The zero-order valence-electron chi connectivity index (χ0n) is 26.1. The predicted molar refractivity (Wildman–Crippen MR) is 175 cm³/mol. The molecule has 2 aromatic carbocycles. The number of nitrogens with zero attached hydrogens (tertiary/aromatic N) is 3. The Morgan fingerprint density at radius 3 is 2.30 bits per heavy atom. The Morgan fingerprint density at radius 1 is 1.02 bits per heavy atom. The van der Waals surface area contributed by atoms with Crippen molar-refractivity contribution in [3.63, 3.8) is 0 Å². The third-order valence-corrected chi connectivity index (χ3v) is 7.05. The van der Waals surface area contributed by atoms with Gasteiger partial charge in [-0.2, -0.15) is 8.98 Å². The third kappa shape index (κ3) is 10.1. The van der Waals surface area contributed by atoms with Crippen LogP contribution in [0.15, 0.2) is 78.5 Å². The maximum absolute atomic E-state index is 13.3. The summed E-state index contributed by atoms with van der Waals surface area (Å²) in [5.41, 5.74) is 8.83. The van der Waals surface area contributed by atoms with Gasteiger partial charge in [-0.3, -0.25) is 0 Å². The van der Waals surface area contributed by atoms with Crippen LogP contribution in [0.3, 0.4) is 0 Å². The average molecular weight is 565 g/mol. The summed E-state index contributed by atoms with van der Waals surface area (Å²) in [6, 6.07) is 14.7. The van der Waals surface area contributed by atoms with E-state index in [1.54, 1.807) is 10.9 Å². The summed E-state index contributed by atoms with van der Waals surface area (Å²) < 4.78 is 15.1. The van der Waals surface area contributed by atoms with Crippen LogP contribution in [0.4, 0.5) is 3.89 Å². The lowest BCUT2D eigenvalue weighted by Gasteiger charge is -2.23. The van der Waals surface area contributed by atoms with Crippen molar-refractivity contribution in [1.82, 2.24) is 20.0 Å². The van der Waals surface area contributed by atoms with Gasteiger partial charge in [0.05, 0.1) is 28.9 Å². The third-order valence-electron chi connectivity index (χ3n) is 6.49. The maximum atomic E-state index is 13.3. The van der Waals surface area contributed by atoms with Gasteiger partial charge >= 0.3 is 0 Å². The zero-order chi connectivity index (χ0) is 30.2. The summed E-state index contributed by atoms with van der Waals surface area (Å²) in [5, 5.41) is 7.93. The van der Waals surface area contributed by atoms with Crippen LogP contribution < -0.4 is 5.32 Å². The molecule has 218 valence electrons. The summed E-state index contributed by atoms with van der Waals surface area (Å²) in [4.78, 5) is 2.72. The van der Waals surface area contributed by atoms with Crippen LogP contribution in [0.5, 0.6) is 0 Å². The highest BCUT2D eigenvalue weighted by molar-refractivity contribution is 7.94. The molecule has 0 radical (unpaired) electrons. The van der Waals surface area contributed by atoms with Gasteiger partial charge in [0.1, 0.15) is 5.82 Å². The van der Waals surface area contributed by atoms with Gasteiger partial charge < -0.3 is 10.2 Å². The van der Waals surface area contributed by atoms with Crippen molar-refractivity contribution in [2.24, 2.45) is 0 Å². The van der Waals surface area contributed by atoms with Gasteiger partial charge in [0.15, 0.2) is 0 Å². The fourth-order valence-electron chi connectivity index (χ4n) is 4.17. The molecule has 3 rings (SSSR count). The van der Waals surface area contributed by atoms with Gasteiger partial charge in [-0.05, 0) is 68.0 Å². The molecule has 1 aromatic heterocycles. The molecule has 4 nitrogen and oxygen atoms in total. The predicted octanol–water partition coefficient (Wildman–Crippen LogP) is 9.33. The Kier molecular flexibility index (Phi) is 15.8. The summed E-state index contributed by atoms with van der Waals surface area (Å²) >= 11 is 0.212. The Balaban J connectivity index is 0.00000191. The first-order valence-corrected chi connectivity index (χ1v) is 14.9. The molecule has 0 amide bonds. The highest BCUT2D eigenvalue weighted by Crippen LogP contribution is 2.26. The summed E-state index contributed by atoms with van der Waals surface area (Å²) in [5.74, 6) is 0.776. The Morgan fingerprint density at radius 2 is 1.70 bits per heavy atom. The summed E-state index contributed by atoms with van der Waals surface area (Å²) in [6.45, 7) is 26.4. The van der Waals surface area contributed by atoms with Crippen LogP contribution in [0.1, 0.15) is 67.6 Å². The van der Waals surface area contributed by atoms with Gasteiger partial charge in [-0.25, -0.2) is 4.68 Å². The minimum atomic E-state index is 0.212. The van der Waals surface area contributed by atoms with E-state index in [0.717, 1.165) is 59.8 Å². The molecule has 0 aliphatic heterocycles. The number of aryl methyl sites for hydroxylation is 3. The second kappa shape index (κ2) is 18.2. The standard InChI is InChI=1S/C30H37FN4S.2C2H6/c1-21-13-14-27(23(3)17-21)19-25(5)34(7)16-10-15-32-30(35-26(6)29(36-31)20-33-35)18-24(4)28-12-9-8-11-22(28)2;2*1-2/h8-9,11-14,17-18,20,32H,4-5,10,15-16,19H2,1-3,6-7H3;2*1-2H3/b30-18-;;. The van der Waals surface area contributed by atoms with E-state index < -0.39 is 0 Å². The van der Waals surface area contributed by atoms with Gasteiger partial charge in [-0.1, -0.05) is 88.9 Å². The first-order valence-electron chi connectivity index (χ1n) is 14.2. The molecule has 0 atom stereocenters. The van der Waals surface area contributed by atoms with Crippen molar-refractivity contribution in [2.75, 3.05) is 20.1 Å². The van der Waals surface area contributed by atoms with E-state index in [2.05, 4.69) is 86.6 Å². The quantitative estimate of drug-likeness (QED) is 0.175. The number of hydrogen-bond donors (Lipinski definition) is 1. The maximum Gasteiger partial charge on any atom is 0.128 e. The number of nitrogens with one attached hydrogen (secondary N) is 1. The highest BCUT2D eigenvalue weighted by Gasteiger charge is 2.13. The lowest BCUT2D eigenvalue weighted by atomic mass is 10.0. The van der Waals surface area contributed by atoms with Crippen LogP contribution in [-0.2, 0) is 6.42 Å². The van der Waals surface area contributed by atoms with E-state index in [1.165, 1.54) is 16.7 Å². The molecule has 0 saturated carbocycles. The van der Waals surface area contributed by atoms with E-state index in [0.29, 0.717) is 4.90 Å². The molecule has 3 aromatic rings. The number of hydrogen-bond acceptors (Lipinski definition) is 4. The first kappa shape index (κ1) is 34.8. The van der Waals surface area contributed by atoms with Crippen molar-refractivity contribution in [2.45, 2.75) is 73.1 Å². The van der Waals surface area contributed by atoms with E-state index in [-0.39, 0.29) is 12.1 Å². The van der Waals surface area contributed by atoms with Crippen molar-refractivity contribution in [3.8, 4) is 0 Å². The van der Waals surface area contributed by atoms with Gasteiger partial charge in [0.2, 0.25) is 0 Å². The van der Waals surface area contributed by atoms with Crippen LogP contribution >= 0.6 is 12.1 Å². The fraction of sp³-hybridized carbons (Fsp3) is 0.382. The minimum absolute atomic E-state index is 0.212. The topological polar surface area (TPSA) is 33.1 Å². The second-order valence-electron chi connectivity index (χ2n) is 9.33. The Labute approximate surface area is 247 Å².